The molecule has 3 rings (SSSR count). The van der Waals surface area contributed by atoms with E-state index in [1.807, 2.05) is 31.2 Å². The fraction of sp³-hybridized carbons (Fsp3) is 0.600. The summed E-state index contributed by atoms with van der Waals surface area (Å²) in [4.78, 5) is 26.7. The van der Waals surface area contributed by atoms with Gasteiger partial charge in [-0.1, -0.05) is 59.8 Å². The van der Waals surface area contributed by atoms with E-state index in [0.717, 1.165) is 0 Å². The van der Waals surface area contributed by atoms with Gasteiger partial charge in [0.05, 0.1) is 6.10 Å². The molecule has 0 unspecified atom stereocenters. The number of hydrogen-bond acceptors (Lipinski definition) is 6. The van der Waals surface area contributed by atoms with E-state index in [-0.39, 0.29) is 40.6 Å². The first kappa shape index (κ1) is 30.4. The maximum absolute atomic E-state index is 13.7. The Kier molecular flexibility index (Phi) is 8.61. The van der Waals surface area contributed by atoms with Crippen molar-refractivity contribution in [3.63, 3.8) is 0 Å². The van der Waals surface area contributed by atoms with E-state index >= 15 is 0 Å². The maximum Gasteiger partial charge on any atom is 0.342 e. The summed E-state index contributed by atoms with van der Waals surface area (Å²) < 4.78 is 25.0. The lowest BCUT2D eigenvalue weighted by Gasteiger charge is -2.38. The highest BCUT2D eigenvalue weighted by atomic mass is 28.4. The maximum atomic E-state index is 13.7. The fourth-order valence-electron chi connectivity index (χ4n) is 3.75. The number of fused-ring (bicyclic) bond motifs is 2. The summed E-state index contributed by atoms with van der Waals surface area (Å²) in [7, 11) is -4.56. The molecule has 0 amide bonds. The zero-order valence-corrected chi connectivity index (χ0v) is 27.1. The number of carbonyl (C=O) groups is 2. The third-order valence-corrected chi connectivity index (χ3v) is 17.0. The van der Waals surface area contributed by atoms with Gasteiger partial charge in [-0.3, -0.25) is 4.79 Å². The third kappa shape index (κ3) is 7.27. The van der Waals surface area contributed by atoms with Gasteiger partial charge >= 0.3 is 5.97 Å². The first-order valence-electron chi connectivity index (χ1n) is 13.6. The van der Waals surface area contributed by atoms with Crippen molar-refractivity contribution in [1.29, 1.82) is 0 Å². The van der Waals surface area contributed by atoms with Crippen molar-refractivity contribution < 1.29 is 27.9 Å². The molecule has 0 aliphatic carbocycles. The van der Waals surface area contributed by atoms with Gasteiger partial charge in [-0.2, -0.15) is 0 Å². The van der Waals surface area contributed by atoms with E-state index < -0.39 is 22.6 Å². The van der Waals surface area contributed by atoms with Crippen LogP contribution in [0, 0.1) is 0 Å². The minimum atomic E-state index is -2.36. The molecule has 38 heavy (non-hydrogen) atoms. The zero-order chi connectivity index (χ0) is 28.7. The van der Waals surface area contributed by atoms with Crippen LogP contribution in [0.3, 0.4) is 0 Å². The average Bonchev–Trinajstić information content (AvgIpc) is 3.45. The van der Waals surface area contributed by atoms with Crippen molar-refractivity contribution in [3.05, 3.63) is 47.6 Å². The monoisotopic (exact) mass is 558 g/mol. The molecule has 0 radical (unpaired) electrons. The zero-order valence-electron chi connectivity index (χ0n) is 25.1. The summed E-state index contributed by atoms with van der Waals surface area (Å²) in [5.74, 6) is 0.452. The molecule has 1 fully saturated rings. The van der Waals surface area contributed by atoms with E-state index in [4.69, 9.17) is 18.3 Å². The smallest absolute Gasteiger partial charge is 0.342 e. The van der Waals surface area contributed by atoms with Crippen LogP contribution in [-0.2, 0) is 20.7 Å². The van der Waals surface area contributed by atoms with Crippen molar-refractivity contribution in [1.82, 2.24) is 0 Å². The quantitative estimate of drug-likeness (QED) is 0.218. The van der Waals surface area contributed by atoms with Crippen LogP contribution in [0.15, 0.2) is 36.4 Å². The number of rotatable bonds is 4. The van der Waals surface area contributed by atoms with Crippen molar-refractivity contribution in [2.45, 2.75) is 116 Å². The molecule has 1 aromatic carbocycles. The molecular weight excluding hydrogens is 512 g/mol. The lowest BCUT2D eigenvalue weighted by molar-refractivity contribution is -0.114. The van der Waals surface area contributed by atoms with Gasteiger partial charge in [0.15, 0.2) is 5.78 Å². The second-order valence-corrected chi connectivity index (χ2v) is 23.1. The van der Waals surface area contributed by atoms with Crippen LogP contribution in [0.5, 0.6) is 11.5 Å². The SMILES string of the molecule is C[C@@H]1C[C@H]2O[C@@H]2/C=C\C=C\C(=O)Cc2cc(O[Si](C)(C)C(C)(C)C)cc(O[Si](C)(C)C(C)(C)C)c2C(=O)O1. The summed E-state index contributed by atoms with van der Waals surface area (Å²) in [5.41, 5.74) is 0.871. The van der Waals surface area contributed by atoms with Crippen LogP contribution in [-0.4, -0.2) is 46.7 Å². The molecule has 8 heteroatoms. The molecule has 0 N–H and O–H groups in total. The van der Waals surface area contributed by atoms with Gasteiger partial charge in [0, 0.05) is 18.9 Å². The third-order valence-electron chi connectivity index (χ3n) is 8.26. The Morgan fingerprint density at radius 1 is 0.895 bits per heavy atom. The number of carbonyl (C=O) groups excluding carboxylic acids is 2. The molecule has 2 heterocycles. The molecule has 1 aromatic rings. The van der Waals surface area contributed by atoms with Crippen LogP contribution < -0.4 is 8.85 Å². The molecular formula is C30H46O6Si2. The Hall–Kier alpha value is -2.17. The van der Waals surface area contributed by atoms with Gasteiger partial charge in [-0.05, 0) is 60.9 Å². The standard InChI is InChI=1S/C30H46O6Si2/c1-20-16-25-24(34-25)15-13-12-14-22(31)17-21-18-23(35-37(8,9)29(2,3)4)19-26(27(21)28(32)33-20)36-38(10,11)30(5,6)7/h12-15,18-20,24-25H,16-17H2,1-11H3/b14-12+,15-13-/t20-,24-,25-/m1/s1. The molecule has 0 saturated carbocycles. The molecule has 3 atom stereocenters. The molecule has 1 saturated heterocycles. The van der Waals surface area contributed by atoms with E-state index in [1.165, 1.54) is 6.08 Å². The molecule has 210 valence electrons. The highest BCUT2D eigenvalue weighted by Gasteiger charge is 2.42. The van der Waals surface area contributed by atoms with Gasteiger partial charge in [0.1, 0.15) is 29.3 Å². The molecule has 0 bridgehead atoms. The number of epoxide rings is 1. The molecule has 0 aromatic heterocycles. The van der Waals surface area contributed by atoms with E-state index in [0.29, 0.717) is 29.0 Å². The Morgan fingerprint density at radius 3 is 2.11 bits per heavy atom. The Bertz CT molecular complexity index is 1120. The number of ether oxygens (including phenoxy) is 2. The molecule has 6 nitrogen and oxygen atoms in total. The topological polar surface area (TPSA) is 74.4 Å². The first-order chi connectivity index (χ1) is 17.3. The summed E-state index contributed by atoms with van der Waals surface area (Å²) in [5, 5.41) is -0.125. The summed E-state index contributed by atoms with van der Waals surface area (Å²) in [6.07, 6.45) is 7.32. The van der Waals surface area contributed by atoms with Gasteiger partial charge in [0.25, 0.3) is 8.32 Å². The second kappa shape index (κ2) is 10.8. The van der Waals surface area contributed by atoms with Crippen LogP contribution in [0.25, 0.3) is 0 Å². The molecule has 2 aliphatic rings. The van der Waals surface area contributed by atoms with Crippen LogP contribution in [0.4, 0.5) is 0 Å². The van der Waals surface area contributed by atoms with Crippen LogP contribution in [0.1, 0.15) is 70.8 Å². The van der Waals surface area contributed by atoms with Crippen molar-refractivity contribution in [2.75, 3.05) is 0 Å². The van der Waals surface area contributed by atoms with Gasteiger partial charge in [-0.25, -0.2) is 4.79 Å². The summed E-state index contributed by atoms with van der Waals surface area (Å²) in [6.45, 7) is 23.5. The van der Waals surface area contributed by atoms with Crippen LogP contribution in [0.2, 0.25) is 36.3 Å². The predicted octanol–water partition coefficient (Wildman–Crippen LogP) is 7.40. The number of hydrogen-bond donors (Lipinski definition) is 0. The van der Waals surface area contributed by atoms with E-state index in [1.54, 1.807) is 6.08 Å². The van der Waals surface area contributed by atoms with Crippen molar-refractivity contribution in [2.24, 2.45) is 0 Å². The normalized spacial score (nSPS) is 24.9. The number of esters is 1. The summed E-state index contributed by atoms with van der Waals surface area (Å²) >= 11 is 0. The Morgan fingerprint density at radius 2 is 1.50 bits per heavy atom. The number of ketones is 1. The minimum absolute atomic E-state index is 0.00359. The molecule has 2 aliphatic heterocycles. The van der Waals surface area contributed by atoms with E-state index in [9.17, 15) is 9.59 Å². The lowest BCUT2D eigenvalue weighted by Crippen LogP contribution is -2.45. The number of allylic oxidation sites excluding steroid dienone is 3. The number of benzene rings is 1. The van der Waals surface area contributed by atoms with E-state index in [2.05, 4.69) is 67.7 Å². The highest BCUT2D eigenvalue weighted by molar-refractivity contribution is 6.75. The van der Waals surface area contributed by atoms with Gasteiger partial charge < -0.3 is 18.3 Å². The van der Waals surface area contributed by atoms with Crippen LogP contribution >= 0.6 is 0 Å². The van der Waals surface area contributed by atoms with Gasteiger partial charge in [0.2, 0.25) is 8.32 Å². The fourth-order valence-corrected chi connectivity index (χ4v) is 5.78. The molecule has 0 spiro atoms. The second-order valence-electron chi connectivity index (χ2n) is 13.7. The average molecular weight is 559 g/mol. The largest absolute Gasteiger partial charge is 0.543 e. The minimum Gasteiger partial charge on any atom is -0.543 e. The van der Waals surface area contributed by atoms with Crippen molar-refractivity contribution >= 4 is 28.4 Å². The van der Waals surface area contributed by atoms with Crippen molar-refractivity contribution in [3.8, 4) is 11.5 Å². The van der Waals surface area contributed by atoms with Gasteiger partial charge in [-0.15, -0.1) is 0 Å². The predicted molar refractivity (Wildman–Crippen MR) is 157 cm³/mol. The Labute approximate surface area is 231 Å². The first-order valence-corrected chi connectivity index (χ1v) is 19.4. The summed E-state index contributed by atoms with van der Waals surface area (Å²) in [6, 6.07) is 3.66. The highest BCUT2D eigenvalue weighted by Crippen LogP contribution is 2.43. The lowest BCUT2D eigenvalue weighted by atomic mass is 10.00. The Balaban J connectivity index is 2.17. The number of cyclic esters (lactones) is 1.